The van der Waals surface area contributed by atoms with Crippen molar-refractivity contribution >= 4 is 11.9 Å². The van der Waals surface area contributed by atoms with Crippen LogP contribution in [-0.2, 0) is 14.3 Å². The smallest absolute Gasteiger partial charge is 0.329 e. The molecule has 0 spiro atoms. The van der Waals surface area contributed by atoms with Crippen LogP contribution in [0.15, 0.2) is 30.3 Å². The molecule has 108 valence electrons. The molecule has 1 atom stereocenters. The lowest BCUT2D eigenvalue weighted by Gasteiger charge is -2.48. The Labute approximate surface area is 117 Å². The number of nitrogens with zero attached hydrogens (tertiary/aromatic N) is 1. The molecule has 1 aliphatic rings. The molecule has 1 saturated heterocycles. The molecule has 1 fully saturated rings. The molecule has 3 N–H and O–H groups in total. The van der Waals surface area contributed by atoms with Gasteiger partial charge in [0.1, 0.15) is 18.2 Å². The number of carbonyl (C=O) groups excluding carboxylic acids is 1. The van der Waals surface area contributed by atoms with E-state index < -0.39 is 17.6 Å². The van der Waals surface area contributed by atoms with E-state index in [2.05, 4.69) is 0 Å². The zero-order valence-electron chi connectivity index (χ0n) is 11.3. The number of aliphatic carboxylic acids is 1. The molecular formula is C14H18N2O4. The third-order valence-corrected chi connectivity index (χ3v) is 3.33. The summed E-state index contributed by atoms with van der Waals surface area (Å²) in [6.07, 6.45) is 0. The predicted molar refractivity (Wildman–Crippen MR) is 71.9 cm³/mol. The number of amides is 1. The summed E-state index contributed by atoms with van der Waals surface area (Å²) in [6, 6.07) is 8.45. The standard InChI is InChI=1S/C14H18N2O4/c1-14(20-7-11(17)18)8-16(9-14)13(19)12(15)10-5-3-2-4-6-10/h2-6,12H,7-9,15H2,1H3,(H,17,18)/t12-/m1/s1. The topological polar surface area (TPSA) is 92.9 Å². The second-order valence-corrected chi connectivity index (χ2v) is 5.21. The molecule has 0 saturated carbocycles. The van der Waals surface area contributed by atoms with Gasteiger partial charge in [-0.05, 0) is 12.5 Å². The second kappa shape index (κ2) is 5.60. The fraction of sp³-hybridized carbons (Fsp3) is 0.429. The van der Waals surface area contributed by atoms with Gasteiger partial charge in [0.15, 0.2) is 0 Å². The zero-order valence-corrected chi connectivity index (χ0v) is 11.3. The Balaban J connectivity index is 1.89. The van der Waals surface area contributed by atoms with Crippen molar-refractivity contribution in [3.8, 4) is 0 Å². The maximum Gasteiger partial charge on any atom is 0.329 e. The molecule has 6 heteroatoms. The van der Waals surface area contributed by atoms with Crippen LogP contribution in [0.3, 0.4) is 0 Å². The van der Waals surface area contributed by atoms with Crippen molar-refractivity contribution in [3.63, 3.8) is 0 Å². The van der Waals surface area contributed by atoms with Crippen LogP contribution in [0.5, 0.6) is 0 Å². The highest BCUT2D eigenvalue weighted by atomic mass is 16.5. The Morgan fingerprint density at radius 3 is 2.55 bits per heavy atom. The lowest BCUT2D eigenvalue weighted by atomic mass is 9.94. The fourth-order valence-corrected chi connectivity index (χ4v) is 2.24. The summed E-state index contributed by atoms with van der Waals surface area (Å²) in [6.45, 7) is 2.15. The van der Waals surface area contributed by atoms with Crippen LogP contribution in [0, 0.1) is 0 Å². The van der Waals surface area contributed by atoms with Crippen molar-refractivity contribution in [3.05, 3.63) is 35.9 Å². The summed E-state index contributed by atoms with van der Waals surface area (Å²) in [7, 11) is 0. The first-order valence-electron chi connectivity index (χ1n) is 6.36. The molecular weight excluding hydrogens is 260 g/mol. The summed E-state index contributed by atoms with van der Waals surface area (Å²) in [5, 5.41) is 8.58. The van der Waals surface area contributed by atoms with Gasteiger partial charge in [-0.25, -0.2) is 4.79 Å². The molecule has 1 aromatic rings. The van der Waals surface area contributed by atoms with E-state index in [1.807, 2.05) is 30.3 Å². The minimum Gasteiger partial charge on any atom is -0.480 e. The fourth-order valence-electron chi connectivity index (χ4n) is 2.24. The van der Waals surface area contributed by atoms with Gasteiger partial charge in [-0.3, -0.25) is 4.79 Å². The molecule has 0 aromatic heterocycles. The molecule has 1 amide bonds. The number of carbonyl (C=O) groups is 2. The van der Waals surface area contributed by atoms with E-state index in [-0.39, 0.29) is 12.5 Å². The molecule has 1 heterocycles. The molecule has 2 rings (SSSR count). The first-order chi connectivity index (χ1) is 9.41. The van der Waals surface area contributed by atoms with Gasteiger partial charge in [-0.1, -0.05) is 30.3 Å². The third kappa shape index (κ3) is 3.15. The maximum atomic E-state index is 12.2. The van der Waals surface area contributed by atoms with Gasteiger partial charge in [0.25, 0.3) is 0 Å². The number of carboxylic acid groups (broad SMARTS) is 1. The first kappa shape index (κ1) is 14.5. The predicted octanol–water partition coefficient (Wildman–Crippen LogP) is 0.389. The summed E-state index contributed by atoms with van der Waals surface area (Å²) < 4.78 is 5.26. The van der Waals surface area contributed by atoms with E-state index in [9.17, 15) is 9.59 Å². The minimum absolute atomic E-state index is 0.174. The highest BCUT2D eigenvalue weighted by Crippen LogP contribution is 2.27. The summed E-state index contributed by atoms with van der Waals surface area (Å²) in [4.78, 5) is 24.2. The van der Waals surface area contributed by atoms with Crippen molar-refractivity contribution in [1.29, 1.82) is 0 Å². The van der Waals surface area contributed by atoms with Crippen molar-refractivity contribution in [1.82, 2.24) is 4.90 Å². The van der Waals surface area contributed by atoms with Crippen LogP contribution in [0.25, 0.3) is 0 Å². The Kier molecular flexibility index (Phi) is 4.06. The van der Waals surface area contributed by atoms with Crippen LogP contribution >= 0.6 is 0 Å². The number of ether oxygens (including phenoxy) is 1. The molecule has 6 nitrogen and oxygen atoms in total. The first-order valence-corrected chi connectivity index (χ1v) is 6.36. The molecule has 0 unspecified atom stereocenters. The number of nitrogens with two attached hydrogens (primary N) is 1. The number of hydrogen-bond donors (Lipinski definition) is 2. The Hall–Kier alpha value is -1.92. The molecule has 20 heavy (non-hydrogen) atoms. The molecule has 1 aromatic carbocycles. The zero-order chi connectivity index (χ0) is 14.8. The van der Waals surface area contributed by atoms with Crippen LogP contribution in [-0.4, -0.2) is 47.2 Å². The second-order valence-electron chi connectivity index (χ2n) is 5.21. The summed E-state index contributed by atoms with van der Waals surface area (Å²) in [5.74, 6) is -1.19. The quantitative estimate of drug-likeness (QED) is 0.812. The van der Waals surface area contributed by atoms with Crippen molar-refractivity contribution in [2.45, 2.75) is 18.6 Å². The number of hydrogen-bond acceptors (Lipinski definition) is 4. The van der Waals surface area contributed by atoms with E-state index in [0.29, 0.717) is 13.1 Å². The Morgan fingerprint density at radius 2 is 2.00 bits per heavy atom. The van der Waals surface area contributed by atoms with Gasteiger partial charge < -0.3 is 20.5 Å². The minimum atomic E-state index is -1.02. The van der Waals surface area contributed by atoms with E-state index in [1.54, 1.807) is 11.8 Å². The molecule has 0 aliphatic carbocycles. The lowest BCUT2D eigenvalue weighted by Crippen LogP contribution is -2.64. The van der Waals surface area contributed by atoms with E-state index >= 15 is 0 Å². The molecule has 0 radical (unpaired) electrons. The van der Waals surface area contributed by atoms with Crippen molar-refractivity contribution in [2.24, 2.45) is 5.73 Å². The van der Waals surface area contributed by atoms with Crippen molar-refractivity contribution in [2.75, 3.05) is 19.7 Å². The van der Waals surface area contributed by atoms with Crippen molar-refractivity contribution < 1.29 is 19.4 Å². The van der Waals surface area contributed by atoms with E-state index in [1.165, 1.54) is 0 Å². The third-order valence-electron chi connectivity index (χ3n) is 3.33. The number of benzene rings is 1. The molecule has 0 bridgehead atoms. The highest BCUT2D eigenvalue weighted by Gasteiger charge is 2.44. The SMILES string of the molecule is CC1(OCC(=O)O)CN(C(=O)[C@H](N)c2ccccc2)C1. The van der Waals surface area contributed by atoms with Gasteiger partial charge in [-0.2, -0.15) is 0 Å². The Bertz CT molecular complexity index is 497. The van der Waals surface area contributed by atoms with Crippen LogP contribution < -0.4 is 5.73 Å². The number of likely N-dealkylation sites (tertiary alicyclic amines) is 1. The van der Waals surface area contributed by atoms with Gasteiger partial charge in [0.2, 0.25) is 5.91 Å². The van der Waals surface area contributed by atoms with Crippen LogP contribution in [0.2, 0.25) is 0 Å². The average molecular weight is 278 g/mol. The highest BCUT2D eigenvalue weighted by molar-refractivity contribution is 5.84. The van der Waals surface area contributed by atoms with E-state index in [4.69, 9.17) is 15.6 Å². The maximum absolute atomic E-state index is 12.2. The van der Waals surface area contributed by atoms with Gasteiger partial charge in [0.05, 0.1) is 13.1 Å². The summed E-state index contributed by atoms with van der Waals surface area (Å²) in [5.41, 5.74) is 6.10. The van der Waals surface area contributed by atoms with Gasteiger partial charge >= 0.3 is 5.97 Å². The average Bonchev–Trinajstić information content (AvgIpc) is 2.41. The van der Waals surface area contributed by atoms with Gasteiger partial charge in [0, 0.05) is 0 Å². The lowest BCUT2D eigenvalue weighted by molar-refractivity contribution is -0.174. The normalized spacial score (nSPS) is 18.2. The number of carboxylic acids is 1. The monoisotopic (exact) mass is 278 g/mol. The van der Waals surface area contributed by atoms with Crippen LogP contribution in [0.1, 0.15) is 18.5 Å². The Morgan fingerprint density at radius 1 is 1.40 bits per heavy atom. The van der Waals surface area contributed by atoms with Crippen LogP contribution in [0.4, 0.5) is 0 Å². The largest absolute Gasteiger partial charge is 0.480 e. The van der Waals surface area contributed by atoms with E-state index in [0.717, 1.165) is 5.56 Å². The summed E-state index contributed by atoms with van der Waals surface area (Å²) >= 11 is 0. The molecule has 1 aliphatic heterocycles. The number of rotatable bonds is 5. The van der Waals surface area contributed by atoms with Gasteiger partial charge in [-0.15, -0.1) is 0 Å².